The van der Waals surface area contributed by atoms with Gasteiger partial charge in [0.25, 0.3) is 5.91 Å². The second-order valence-electron chi connectivity index (χ2n) is 6.33. The average Bonchev–Trinajstić information content (AvgIpc) is 2.97. The molecular formula is C16H22N2O. The van der Waals surface area contributed by atoms with Crippen LogP contribution in [0.1, 0.15) is 28.8 Å². The zero-order chi connectivity index (χ0) is 13.5. The molecule has 1 atom stereocenters. The molecule has 102 valence electrons. The van der Waals surface area contributed by atoms with E-state index in [0.717, 1.165) is 31.6 Å². The highest BCUT2D eigenvalue weighted by molar-refractivity contribution is 5.94. The van der Waals surface area contributed by atoms with Crippen molar-refractivity contribution in [2.75, 3.05) is 33.2 Å². The molecule has 1 amide bonds. The van der Waals surface area contributed by atoms with Crippen LogP contribution < -0.4 is 0 Å². The summed E-state index contributed by atoms with van der Waals surface area (Å²) < 4.78 is 0. The highest BCUT2D eigenvalue weighted by atomic mass is 16.2. The van der Waals surface area contributed by atoms with E-state index in [4.69, 9.17) is 0 Å². The Morgan fingerprint density at radius 3 is 2.42 bits per heavy atom. The van der Waals surface area contributed by atoms with Gasteiger partial charge in [-0.25, -0.2) is 0 Å². The summed E-state index contributed by atoms with van der Waals surface area (Å²) in [4.78, 5) is 16.9. The van der Waals surface area contributed by atoms with E-state index in [1.807, 2.05) is 36.1 Å². The van der Waals surface area contributed by atoms with E-state index in [1.54, 1.807) is 0 Å². The van der Waals surface area contributed by atoms with E-state index < -0.39 is 0 Å². The van der Waals surface area contributed by atoms with Crippen LogP contribution in [-0.4, -0.2) is 48.9 Å². The van der Waals surface area contributed by atoms with Crippen molar-refractivity contribution in [3.63, 3.8) is 0 Å². The minimum absolute atomic E-state index is 0.200. The molecule has 2 aliphatic rings. The number of hydrogen-bond donors (Lipinski definition) is 0. The minimum Gasteiger partial charge on any atom is -0.338 e. The first-order valence-electron chi connectivity index (χ1n) is 7.13. The molecule has 1 spiro atoms. The van der Waals surface area contributed by atoms with Crippen molar-refractivity contribution >= 4 is 5.91 Å². The molecule has 1 unspecified atom stereocenters. The lowest BCUT2D eigenvalue weighted by molar-refractivity contribution is 0.0774. The molecule has 0 N–H and O–H groups in total. The third kappa shape index (κ3) is 2.39. The molecule has 0 bridgehead atoms. The average molecular weight is 258 g/mol. The molecule has 2 aliphatic heterocycles. The number of aryl methyl sites for hydroxylation is 1. The fraction of sp³-hybridized carbons (Fsp3) is 0.562. The molecule has 0 saturated carbocycles. The van der Waals surface area contributed by atoms with Gasteiger partial charge >= 0.3 is 0 Å². The van der Waals surface area contributed by atoms with Crippen LogP contribution in [0, 0.1) is 12.3 Å². The number of nitrogens with zero attached hydrogens (tertiary/aromatic N) is 2. The molecule has 3 rings (SSSR count). The zero-order valence-electron chi connectivity index (χ0n) is 11.9. The van der Waals surface area contributed by atoms with E-state index in [0.29, 0.717) is 5.41 Å². The number of hydrogen-bond acceptors (Lipinski definition) is 2. The van der Waals surface area contributed by atoms with Crippen LogP contribution in [0.4, 0.5) is 0 Å². The van der Waals surface area contributed by atoms with Crippen molar-refractivity contribution in [3.8, 4) is 0 Å². The maximum Gasteiger partial charge on any atom is 0.253 e. The Labute approximate surface area is 115 Å². The first-order valence-corrected chi connectivity index (χ1v) is 7.13. The lowest BCUT2D eigenvalue weighted by Crippen LogP contribution is -2.33. The van der Waals surface area contributed by atoms with Gasteiger partial charge in [0.2, 0.25) is 0 Å². The molecule has 2 fully saturated rings. The van der Waals surface area contributed by atoms with Gasteiger partial charge in [-0.2, -0.15) is 0 Å². The van der Waals surface area contributed by atoms with Crippen molar-refractivity contribution in [2.45, 2.75) is 19.8 Å². The largest absolute Gasteiger partial charge is 0.338 e. The molecule has 19 heavy (non-hydrogen) atoms. The molecule has 0 radical (unpaired) electrons. The number of carbonyl (C=O) groups is 1. The van der Waals surface area contributed by atoms with Gasteiger partial charge < -0.3 is 9.80 Å². The van der Waals surface area contributed by atoms with Gasteiger partial charge in [0.1, 0.15) is 0 Å². The Bertz CT molecular complexity index is 482. The molecule has 1 aromatic carbocycles. The normalized spacial score (nSPS) is 27.4. The van der Waals surface area contributed by atoms with Crippen molar-refractivity contribution in [3.05, 3.63) is 35.4 Å². The van der Waals surface area contributed by atoms with Crippen molar-refractivity contribution < 1.29 is 4.79 Å². The first-order chi connectivity index (χ1) is 9.08. The summed E-state index contributed by atoms with van der Waals surface area (Å²) in [6, 6.07) is 7.93. The van der Waals surface area contributed by atoms with E-state index in [1.165, 1.54) is 18.5 Å². The number of likely N-dealkylation sites (tertiary alicyclic amines) is 2. The van der Waals surface area contributed by atoms with Crippen LogP contribution in [0.25, 0.3) is 0 Å². The van der Waals surface area contributed by atoms with Gasteiger partial charge in [0.05, 0.1) is 0 Å². The van der Waals surface area contributed by atoms with Crippen LogP contribution in [-0.2, 0) is 0 Å². The first kappa shape index (κ1) is 12.7. The van der Waals surface area contributed by atoms with Crippen LogP contribution in [0.3, 0.4) is 0 Å². The predicted octanol–water partition coefficient (Wildman–Crippen LogP) is 2.16. The second-order valence-corrected chi connectivity index (χ2v) is 6.33. The molecule has 3 heteroatoms. The summed E-state index contributed by atoms with van der Waals surface area (Å²) in [5.74, 6) is 0.200. The molecule has 2 heterocycles. The van der Waals surface area contributed by atoms with Crippen molar-refractivity contribution in [1.82, 2.24) is 9.80 Å². The summed E-state index contributed by atoms with van der Waals surface area (Å²) in [5.41, 5.74) is 2.40. The monoisotopic (exact) mass is 258 g/mol. The van der Waals surface area contributed by atoms with Gasteiger partial charge in [-0.05, 0) is 45.5 Å². The molecule has 3 nitrogen and oxygen atoms in total. The number of rotatable bonds is 1. The van der Waals surface area contributed by atoms with Gasteiger partial charge in [-0.15, -0.1) is 0 Å². The van der Waals surface area contributed by atoms with Gasteiger partial charge in [-0.3, -0.25) is 4.79 Å². The predicted molar refractivity (Wildman–Crippen MR) is 76.2 cm³/mol. The highest BCUT2D eigenvalue weighted by Gasteiger charge is 2.43. The van der Waals surface area contributed by atoms with Crippen molar-refractivity contribution in [1.29, 1.82) is 0 Å². The topological polar surface area (TPSA) is 23.6 Å². The van der Waals surface area contributed by atoms with Gasteiger partial charge in [0, 0.05) is 30.6 Å². The molecular weight excluding hydrogens is 236 g/mol. The lowest BCUT2D eigenvalue weighted by atomic mass is 9.86. The maximum atomic E-state index is 12.5. The van der Waals surface area contributed by atoms with Crippen molar-refractivity contribution in [2.24, 2.45) is 5.41 Å². The summed E-state index contributed by atoms with van der Waals surface area (Å²) in [5, 5.41) is 0. The zero-order valence-corrected chi connectivity index (χ0v) is 11.9. The Morgan fingerprint density at radius 1 is 1.11 bits per heavy atom. The Balaban J connectivity index is 1.71. The molecule has 2 saturated heterocycles. The summed E-state index contributed by atoms with van der Waals surface area (Å²) >= 11 is 0. The fourth-order valence-corrected chi connectivity index (χ4v) is 3.48. The standard InChI is InChI=1S/C16H22N2O/c1-13-3-5-14(6-4-13)15(19)18-10-8-16(12-18)7-9-17(2)11-16/h3-6H,7-12H2,1-2H3. The van der Waals surface area contributed by atoms with E-state index in [2.05, 4.69) is 11.9 Å². The van der Waals surface area contributed by atoms with E-state index >= 15 is 0 Å². The second kappa shape index (κ2) is 4.64. The Hall–Kier alpha value is -1.35. The van der Waals surface area contributed by atoms with Crippen LogP contribution >= 0.6 is 0 Å². The Kier molecular flexibility index (Phi) is 3.09. The quantitative estimate of drug-likeness (QED) is 0.770. The lowest BCUT2D eigenvalue weighted by Gasteiger charge is -2.23. The SMILES string of the molecule is Cc1ccc(C(=O)N2CCC3(CCN(C)C3)C2)cc1. The van der Waals surface area contributed by atoms with E-state index in [9.17, 15) is 4.79 Å². The molecule has 0 aliphatic carbocycles. The molecule has 0 aromatic heterocycles. The maximum absolute atomic E-state index is 12.5. The number of amides is 1. The van der Waals surface area contributed by atoms with Crippen LogP contribution in [0.5, 0.6) is 0 Å². The van der Waals surface area contributed by atoms with Crippen LogP contribution in [0.15, 0.2) is 24.3 Å². The fourth-order valence-electron chi connectivity index (χ4n) is 3.48. The summed E-state index contributed by atoms with van der Waals surface area (Å²) in [6.45, 7) is 6.22. The Morgan fingerprint density at radius 2 is 1.79 bits per heavy atom. The smallest absolute Gasteiger partial charge is 0.253 e. The van der Waals surface area contributed by atoms with Gasteiger partial charge in [-0.1, -0.05) is 17.7 Å². The van der Waals surface area contributed by atoms with Crippen LogP contribution in [0.2, 0.25) is 0 Å². The third-order valence-corrected chi connectivity index (χ3v) is 4.65. The minimum atomic E-state index is 0.200. The summed E-state index contributed by atoms with van der Waals surface area (Å²) in [6.07, 6.45) is 2.40. The van der Waals surface area contributed by atoms with Gasteiger partial charge in [0.15, 0.2) is 0 Å². The molecule has 1 aromatic rings. The third-order valence-electron chi connectivity index (χ3n) is 4.65. The van der Waals surface area contributed by atoms with E-state index in [-0.39, 0.29) is 5.91 Å². The number of benzene rings is 1. The summed E-state index contributed by atoms with van der Waals surface area (Å²) in [7, 11) is 2.18. The number of carbonyl (C=O) groups excluding carboxylic acids is 1. The highest BCUT2D eigenvalue weighted by Crippen LogP contribution is 2.39.